The van der Waals surface area contributed by atoms with Gasteiger partial charge in [0.05, 0.1) is 0 Å². The third-order valence-corrected chi connectivity index (χ3v) is 2.89. The zero-order valence-corrected chi connectivity index (χ0v) is 10.3. The zero-order valence-electron chi connectivity index (χ0n) is 10.3. The number of carbonyl (C=O) groups excluding carboxylic acids is 1. The summed E-state index contributed by atoms with van der Waals surface area (Å²) in [6.07, 6.45) is 3.23. The van der Waals surface area contributed by atoms with Crippen molar-refractivity contribution >= 4 is 5.78 Å². The van der Waals surface area contributed by atoms with E-state index in [1.165, 1.54) is 5.56 Å². The van der Waals surface area contributed by atoms with Gasteiger partial charge >= 0.3 is 0 Å². The van der Waals surface area contributed by atoms with Crippen molar-refractivity contribution in [1.82, 2.24) is 10.4 Å². The molecule has 0 spiro atoms. The molecule has 2 rings (SSSR count). The number of allylic oxidation sites excluding steroid dienone is 2. The molecule has 0 bridgehead atoms. The number of carbonyl (C=O) groups is 1. The lowest BCUT2D eigenvalue weighted by Gasteiger charge is -2.25. The molecule has 0 saturated heterocycles. The lowest BCUT2D eigenvalue weighted by atomic mass is 9.86. The average molecular weight is 230 g/mol. The number of ketones is 1. The van der Waals surface area contributed by atoms with E-state index in [-0.39, 0.29) is 5.78 Å². The third-order valence-electron chi connectivity index (χ3n) is 2.89. The normalized spacial score (nSPS) is 20.3. The standard InChI is InChI=1S/C14H18N2O/c1-16(2)15-13-8-12(9-14(17)10-13)11-6-4-3-5-7-11/h3-7,10,12,15H,8-9H2,1-2H3/t12-/m1/s1. The number of nitrogens with one attached hydrogen (secondary N) is 1. The fourth-order valence-electron chi connectivity index (χ4n) is 2.22. The van der Waals surface area contributed by atoms with Crippen LogP contribution in [0.4, 0.5) is 0 Å². The van der Waals surface area contributed by atoms with Crippen molar-refractivity contribution in [2.75, 3.05) is 14.1 Å². The molecule has 0 radical (unpaired) electrons. The van der Waals surface area contributed by atoms with Crippen LogP contribution in [-0.4, -0.2) is 24.9 Å². The van der Waals surface area contributed by atoms with Crippen molar-refractivity contribution in [2.45, 2.75) is 18.8 Å². The Morgan fingerprint density at radius 1 is 1.18 bits per heavy atom. The summed E-state index contributed by atoms with van der Waals surface area (Å²) in [5.74, 6) is 0.505. The molecule has 0 fully saturated rings. The van der Waals surface area contributed by atoms with Crippen molar-refractivity contribution in [3.8, 4) is 0 Å². The van der Waals surface area contributed by atoms with Gasteiger partial charge in [0.15, 0.2) is 5.78 Å². The molecule has 1 atom stereocenters. The summed E-state index contributed by atoms with van der Waals surface area (Å²) in [6.45, 7) is 0. The molecule has 1 aliphatic carbocycles. The Kier molecular flexibility index (Phi) is 3.59. The van der Waals surface area contributed by atoms with E-state index >= 15 is 0 Å². The van der Waals surface area contributed by atoms with Crippen LogP contribution in [0, 0.1) is 0 Å². The fraction of sp³-hybridized carbons (Fsp3) is 0.357. The number of benzene rings is 1. The average Bonchev–Trinajstić information content (AvgIpc) is 2.28. The summed E-state index contributed by atoms with van der Waals surface area (Å²) in [6, 6.07) is 10.2. The second-order valence-electron chi connectivity index (χ2n) is 4.66. The highest BCUT2D eigenvalue weighted by Gasteiger charge is 2.22. The van der Waals surface area contributed by atoms with Gasteiger partial charge in [0.1, 0.15) is 0 Å². The molecule has 90 valence electrons. The number of rotatable bonds is 3. The Morgan fingerprint density at radius 2 is 1.88 bits per heavy atom. The minimum absolute atomic E-state index is 0.203. The summed E-state index contributed by atoms with van der Waals surface area (Å²) >= 11 is 0. The number of hydrogen-bond acceptors (Lipinski definition) is 3. The molecule has 1 aromatic carbocycles. The summed E-state index contributed by atoms with van der Waals surface area (Å²) in [7, 11) is 3.86. The van der Waals surface area contributed by atoms with Gasteiger partial charge in [0.25, 0.3) is 0 Å². The van der Waals surface area contributed by atoms with Gasteiger partial charge in [-0.2, -0.15) is 0 Å². The summed E-state index contributed by atoms with van der Waals surface area (Å²) < 4.78 is 0. The molecule has 3 heteroatoms. The topological polar surface area (TPSA) is 32.3 Å². The minimum atomic E-state index is 0.203. The van der Waals surface area contributed by atoms with E-state index in [2.05, 4.69) is 17.6 Å². The summed E-state index contributed by atoms with van der Waals surface area (Å²) in [5.41, 5.74) is 5.43. The second-order valence-corrected chi connectivity index (χ2v) is 4.66. The van der Waals surface area contributed by atoms with E-state index in [4.69, 9.17) is 0 Å². The summed E-state index contributed by atoms with van der Waals surface area (Å²) in [4.78, 5) is 11.7. The van der Waals surface area contributed by atoms with Crippen LogP contribution in [-0.2, 0) is 4.79 Å². The van der Waals surface area contributed by atoms with Crippen molar-refractivity contribution < 1.29 is 4.79 Å². The van der Waals surface area contributed by atoms with E-state index in [1.54, 1.807) is 6.08 Å². The van der Waals surface area contributed by atoms with Crippen LogP contribution < -0.4 is 5.43 Å². The van der Waals surface area contributed by atoms with Crippen molar-refractivity contribution in [3.05, 3.63) is 47.7 Å². The van der Waals surface area contributed by atoms with Crippen LogP contribution in [0.25, 0.3) is 0 Å². The molecule has 1 aliphatic rings. The van der Waals surface area contributed by atoms with Gasteiger partial charge in [0, 0.05) is 32.3 Å². The van der Waals surface area contributed by atoms with Crippen LogP contribution in [0.3, 0.4) is 0 Å². The highest BCUT2D eigenvalue weighted by atomic mass is 16.1. The van der Waals surface area contributed by atoms with Crippen molar-refractivity contribution in [3.63, 3.8) is 0 Å². The highest BCUT2D eigenvalue weighted by molar-refractivity contribution is 5.91. The van der Waals surface area contributed by atoms with Gasteiger partial charge in [-0.3, -0.25) is 4.79 Å². The lowest BCUT2D eigenvalue weighted by molar-refractivity contribution is -0.115. The van der Waals surface area contributed by atoms with Gasteiger partial charge in [-0.1, -0.05) is 30.3 Å². The van der Waals surface area contributed by atoms with Gasteiger partial charge in [-0.15, -0.1) is 0 Å². The van der Waals surface area contributed by atoms with Crippen LogP contribution in [0.15, 0.2) is 42.1 Å². The highest BCUT2D eigenvalue weighted by Crippen LogP contribution is 2.30. The summed E-state index contributed by atoms with van der Waals surface area (Å²) in [5, 5.41) is 1.87. The van der Waals surface area contributed by atoms with Crippen LogP contribution in [0.2, 0.25) is 0 Å². The van der Waals surface area contributed by atoms with E-state index in [1.807, 2.05) is 37.3 Å². The fourth-order valence-corrected chi connectivity index (χ4v) is 2.22. The molecule has 0 aliphatic heterocycles. The SMILES string of the molecule is CN(C)NC1=CC(=O)C[C@H](c2ccccc2)C1. The van der Waals surface area contributed by atoms with Crippen LogP contribution in [0.1, 0.15) is 24.3 Å². The number of hydrogen-bond donors (Lipinski definition) is 1. The van der Waals surface area contributed by atoms with Crippen molar-refractivity contribution in [2.24, 2.45) is 0 Å². The molecule has 3 nitrogen and oxygen atoms in total. The van der Waals surface area contributed by atoms with Gasteiger partial charge in [0.2, 0.25) is 0 Å². The van der Waals surface area contributed by atoms with Gasteiger partial charge < -0.3 is 5.43 Å². The first-order chi connectivity index (χ1) is 8.15. The zero-order chi connectivity index (χ0) is 12.3. The first-order valence-corrected chi connectivity index (χ1v) is 5.87. The second kappa shape index (κ2) is 5.15. The van der Waals surface area contributed by atoms with Crippen LogP contribution in [0.5, 0.6) is 0 Å². The lowest BCUT2D eigenvalue weighted by Crippen LogP contribution is -2.32. The Hall–Kier alpha value is -1.61. The van der Waals surface area contributed by atoms with Crippen LogP contribution >= 0.6 is 0 Å². The molecule has 0 amide bonds. The molecule has 0 saturated carbocycles. The maximum Gasteiger partial charge on any atom is 0.158 e. The molecule has 0 heterocycles. The Balaban J connectivity index is 2.13. The maximum absolute atomic E-state index is 11.7. The van der Waals surface area contributed by atoms with Gasteiger partial charge in [-0.05, 0) is 17.9 Å². The molecular weight excluding hydrogens is 212 g/mol. The Bertz CT molecular complexity index is 423. The molecule has 17 heavy (non-hydrogen) atoms. The largest absolute Gasteiger partial charge is 0.323 e. The van der Waals surface area contributed by atoms with E-state index < -0.39 is 0 Å². The Labute approximate surface area is 102 Å². The van der Waals surface area contributed by atoms with E-state index in [0.29, 0.717) is 12.3 Å². The first-order valence-electron chi connectivity index (χ1n) is 5.87. The van der Waals surface area contributed by atoms with E-state index in [9.17, 15) is 4.79 Å². The third kappa shape index (κ3) is 3.17. The van der Waals surface area contributed by atoms with Gasteiger partial charge in [-0.25, -0.2) is 5.01 Å². The monoisotopic (exact) mass is 230 g/mol. The van der Waals surface area contributed by atoms with E-state index in [0.717, 1.165) is 12.1 Å². The number of nitrogens with zero attached hydrogens (tertiary/aromatic N) is 1. The maximum atomic E-state index is 11.7. The molecular formula is C14H18N2O. The van der Waals surface area contributed by atoms with Crippen molar-refractivity contribution in [1.29, 1.82) is 0 Å². The predicted octanol–water partition coefficient (Wildman–Crippen LogP) is 2.08. The molecule has 1 N–H and O–H groups in total. The Morgan fingerprint density at radius 3 is 2.53 bits per heavy atom. The first kappa shape index (κ1) is 11.9. The number of hydrazine groups is 1. The molecule has 0 unspecified atom stereocenters. The molecule has 1 aromatic rings. The smallest absolute Gasteiger partial charge is 0.158 e. The minimum Gasteiger partial charge on any atom is -0.323 e. The molecule has 0 aromatic heterocycles. The predicted molar refractivity (Wildman–Crippen MR) is 68.3 cm³/mol. The quantitative estimate of drug-likeness (QED) is 0.807.